The van der Waals surface area contributed by atoms with E-state index in [1.807, 2.05) is 6.92 Å². The first kappa shape index (κ1) is 13.6. The Balaban J connectivity index is 2.21. The Hall–Kier alpha value is -0.870. The van der Waals surface area contributed by atoms with Crippen molar-refractivity contribution in [1.29, 1.82) is 0 Å². The summed E-state index contributed by atoms with van der Waals surface area (Å²) in [5, 5.41) is 4.06. The Morgan fingerprint density at radius 3 is 2.67 bits per heavy atom. The van der Waals surface area contributed by atoms with Crippen LogP contribution in [0.3, 0.4) is 0 Å². The second kappa shape index (κ2) is 5.41. The first-order valence-electron chi connectivity index (χ1n) is 6.46. The Kier molecular flexibility index (Phi) is 4.07. The molecule has 0 aromatic carbocycles. The summed E-state index contributed by atoms with van der Waals surface area (Å²) in [5.41, 5.74) is 0.940. The SMILES string of the molecule is Cc1c(Cl)nc(C(C)C)nc1NC1CCN(C)C1. The van der Waals surface area contributed by atoms with Gasteiger partial charge in [0.1, 0.15) is 16.8 Å². The van der Waals surface area contributed by atoms with Crippen molar-refractivity contribution in [2.45, 2.75) is 39.2 Å². The molecule has 100 valence electrons. The zero-order valence-electron chi connectivity index (χ0n) is 11.5. The van der Waals surface area contributed by atoms with E-state index < -0.39 is 0 Å². The monoisotopic (exact) mass is 268 g/mol. The maximum atomic E-state index is 6.18. The summed E-state index contributed by atoms with van der Waals surface area (Å²) < 4.78 is 0. The van der Waals surface area contributed by atoms with Crippen LogP contribution < -0.4 is 5.32 Å². The molecule has 0 radical (unpaired) electrons. The summed E-state index contributed by atoms with van der Waals surface area (Å²) in [6, 6.07) is 0.458. The van der Waals surface area contributed by atoms with Gasteiger partial charge in [-0.05, 0) is 26.9 Å². The van der Waals surface area contributed by atoms with Gasteiger partial charge in [0.25, 0.3) is 0 Å². The molecule has 1 saturated heterocycles. The summed E-state index contributed by atoms with van der Waals surface area (Å²) in [6.45, 7) is 8.31. The molecule has 0 aliphatic carbocycles. The zero-order chi connectivity index (χ0) is 13.3. The normalized spacial score (nSPS) is 20.7. The summed E-state index contributed by atoms with van der Waals surface area (Å²) >= 11 is 6.18. The Morgan fingerprint density at radius 2 is 2.11 bits per heavy atom. The van der Waals surface area contributed by atoms with Crippen LogP contribution in [-0.2, 0) is 0 Å². The largest absolute Gasteiger partial charge is 0.366 e. The summed E-state index contributed by atoms with van der Waals surface area (Å²) in [7, 11) is 2.14. The van der Waals surface area contributed by atoms with Crippen LogP contribution in [0.4, 0.5) is 5.82 Å². The molecule has 1 unspecified atom stereocenters. The van der Waals surface area contributed by atoms with E-state index in [0.717, 1.165) is 36.7 Å². The van der Waals surface area contributed by atoms with Crippen LogP contribution in [0.2, 0.25) is 5.15 Å². The predicted molar refractivity (Wildman–Crippen MR) is 75.4 cm³/mol. The average molecular weight is 269 g/mol. The zero-order valence-corrected chi connectivity index (χ0v) is 12.3. The number of hydrogen-bond donors (Lipinski definition) is 1. The lowest BCUT2D eigenvalue weighted by Gasteiger charge is -2.17. The Bertz CT molecular complexity index is 433. The minimum Gasteiger partial charge on any atom is -0.366 e. The molecule has 2 heterocycles. The minimum absolute atomic E-state index is 0.287. The van der Waals surface area contributed by atoms with Crippen molar-refractivity contribution in [1.82, 2.24) is 14.9 Å². The second-order valence-electron chi connectivity index (χ2n) is 5.39. The first-order valence-corrected chi connectivity index (χ1v) is 6.84. The molecule has 1 atom stereocenters. The highest BCUT2D eigenvalue weighted by Gasteiger charge is 2.21. The van der Waals surface area contributed by atoms with Crippen LogP contribution in [0.5, 0.6) is 0 Å². The third-order valence-electron chi connectivity index (χ3n) is 3.35. The number of halogens is 1. The van der Waals surface area contributed by atoms with E-state index >= 15 is 0 Å². The number of hydrogen-bond acceptors (Lipinski definition) is 4. The van der Waals surface area contributed by atoms with E-state index in [9.17, 15) is 0 Å². The highest BCUT2D eigenvalue weighted by molar-refractivity contribution is 6.30. The summed E-state index contributed by atoms with van der Waals surface area (Å²) in [5.74, 6) is 1.98. The van der Waals surface area contributed by atoms with Crippen LogP contribution in [0, 0.1) is 6.92 Å². The van der Waals surface area contributed by atoms with Gasteiger partial charge < -0.3 is 10.2 Å². The lowest BCUT2D eigenvalue weighted by molar-refractivity contribution is 0.414. The van der Waals surface area contributed by atoms with E-state index in [1.54, 1.807) is 0 Å². The smallest absolute Gasteiger partial charge is 0.137 e. The third kappa shape index (κ3) is 2.93. The van der Waals surface area contributed by atoms with Gasteiger partial charge in [-0.25, -0.2) is 9.97 Å². The Morgan fingerprint density at radius 1 is 1.39 bits per heavy atom. The lowest BCUT2D eigenvalue weighted by Crippen LogP contribution is -2.25. The fourth-order valence-corrected chi connectivity index (χ4v) is 2.33. The van der Waals surface area contributed by atoms with Crippen LogP contribution >= 0.6 is 11.6 Å². The van der Waals surface area contributed by atoms with Crippen LogP contribution in [0.1, 0.15) is 37.6 Å². The van der Waals surface area contributed by atoms with E-state index in [-0.39, 0.29) is 5.92 Å². The molecule has 5 heteroatoms. The number of anilines is 1. The van der Waals surface area contributed by atoms with Crippen molar-refractivity contribution in [3.05, 3.63) is 16.5 Å². The molecule has 1 aromatic heterocycles. The van der Waals surface area contributed by atoms with Crippen molar-refractivity contribution in [2.24, 2.45) is 0 Å². The topological polar surface area (TPSA) is 41.1 Å². The van der Waals surface area contributed by atoms with E-state index in [1.165, 1.54) is 0 Å². The number of likely N-dealkylation sites (tertiary alicyclic amines) is 1. The van der Waals surface area contributed by atoms with Crippen LogP contribution in [0.25, 0.3) is 0 Å². The van der Waals surface area contributed by atoms with E-state index in [0.29, 0.717) is 11.2 Å². The molecule has 1 aliphatic rings. The fourth-order valence-electron chi connectivity index (χ4n) is 2.15. The van der Waals surface area contributed by atoms with Gasteiger partial charge in [0.15, 0.2) is 0 Å². The third-order valence-corrected chi connectivity index (χ3v) is 3.72. The van der Waals surface area contributed by atoms with Gasteiger partial charge in [-0.1, -0.05) is 25.4 Å². The molecular formula is C13H21ClN4. The number of rotatable bonds is 3. The van der Waals surface area contributed by atoms with Crippen molar-refractivity contribution in [2.75, 3.05) is 25.5 Å². The summed E-state index contributed by atoms with van der Waals surface area (Å²) in [4.78, 5) is 11.2. The van der Waals surface area contributed by atoms with E-state index in [2.05, 4.69) is 41.1 Å². The van der Waals surface area contributed by atoms with Crippen molar-refractivity contribution < 1.29 is 0 Å². The second-order valence-corrected chi connectivity index (χ2v) is 5.75. The molecule has 4 nitrogen and oxygen atoms in total. The molecule has 1 N–H and O–H groups in total. The van der Waals surface area contributed by atoms with Gasteiger partial charge in [0, 0.05) is 24.1 Å². The average Bonchev–Trinajstić information content (AvgIpc) is 2.70. The first-order chi connectivity index (χ1) is 8.47. The number of nitrogens with zero attached hydrogens (tertiary/aromatic N) is 3. The van der Waals surface area contributed by atoms with Gasteiger partial charge in [-0.15, -0.1) is 0 Å². The maximum Gasteiger partial charge on any atom is 0.137 e. The van der Waals surface area contributed by atoms with Crippen molar-refractivity contribution >= 4 is 17.4 Å². The molecule has 0 saturated carbocycles. The molecule has 18 heavy (non-hydrogen) atoms. The highest BCUT2D eigenvalue weighted by atomic mass is 35.5. The van der Waals surface area contributed by atoms with E-state index in [4.69, 9.17) is 11.6 Å². The highest BCUT2D eigenvalue weighted by Crippen LogP contribution is 2.24. The molecule has 1 aliphatic heterocycles. The van der Waals surface area contributed by atoms with Crippen molar-refractivity contribution in [3.8, 4) is 0 Å². The lowest BCUT2D eigenvalue weighted by atomic mass is 10.2. The summed E-state index contributed by atoms with van der Waals surface area (Å²) in [6.07, 6.45) is 1.15. The van der Waals surface area contributed by atoms with Crippen molar-refractivity contribution in [3.63, 3.8) is 0 Å². The van der Waals surface area contributed by atoms with Gasteiger partial charge in [0.2, 0.25) is 0 Å². The minimum atomic E-state index is 0.287. The van der Waals surface area contributed by atoms with Crippen LogP contribution in [-0.4, -0.2) is 41.0 Å². The fraction of sp³-hybridized carbons (Fsp3) is 0.692. The standard InChI is InChI=1S/C13H21ClN4/c1-8(2)12-16-11(14)9(3)13(17-12)15-10-5-6-18(4)7-10/h8,10H,5-7H2,1-4H3,(H,15,16,17). The molecule has 0 spiro atoms. The maximum absolute atomic E-state index is 6.18. The predicted octanol–water partition coefficient (Wildman–Crippen LogP) is 2.68. The van der Waals surface area contributed by atoms with Gasteiger partial charge in [-0.2, -0.15) is 0 Å². The van der Waals surface area contributed by atoms with Crippen LogP contribution in [0.15, 0.2) is 0 Å². The molecule has 2 rings (SSSR count). The number of aromatic nitrogens is 2. The van der Waals surface area contributed by atoms with Gasteiger partial charge >= 0.3 is 0 Å². The quantitative estimate of drug-likeness (QED) is 0.856. The molecule has 0 amide bonds. The number of nitrogens with one attached hydrogen (secondary N) is 1. The molecular weight excluding hydrogens is 248 g/mol. The van der Waals surface area contributed by atoms with Gasteiger partial charge in [0.05, 0.1) is 0 Å². The molecule has 0 bridgehead atoms. The molecule has 1 fully saturated rings. The van der Waals surface area contributed by atoms with Gasteiger partial charge in [-0.3, -0.25) is 0 Å². The number of likely N-dealkylation sites (N-methyl/N-ethyl adjacent to an activating group) is 1. The molecule has 1 aromatic rings. The Labute approximate surface area is 114 Å².